The molecule has 2 rings (SSSR count). The lowest BCUT2D eigenvalue weighted by Gasteiger charge is -2.08. The number of benzene rings is 1. The molecule has 1 atom stereocenters. The topological polar surface area (TPSA) is 48.1 Å². The van der Waals surface area contributed by atoms with Crippen molar-refractivity contribution in [2.75, 3.05) is 0 Å². The first kappa shape index (κ1) is 12.6. The van der Waals surface area contributed by atoms with E-state index in [2.05, 4.69) is 24.0 Å². The van der Waals surface area contributed by atoms with E-state index in [0.29, 0.717) is 0 Å². The predicted octanol–water partition coefficient (Wildman–Crippen LogP) is 3.46. The maximum Gasteiger partial charge on any atom is 0.145 e. The minimum atomic E-state index is -0.0529. The van der Waals surface area contributed by atoms with Crippen molar-refractivity contribution in [2.24, 2.45) is 5.73 Å². The van der Waals surface area contributed by atoms with Crippen LogP contribution in [0.5, 0.6) is 11.5 Å². The molecule has 0 aliphatic rings. The summed E-state index contributed by atoms with van der Waals surface area (Å²) in [5, 5.41) is 0. The molecule has 1 heterocycles. The van der Waals surface area contributed by atoms with Crippen LogP contribution in [0, 0.1) is 0 Å². The molecular weight excluding hydrogens is 224 g/mol. The molecule has 0 saturated heterocycles. The predicted molar refractivity (Wildman–Crippen MR) is 72.7 cm³/mol. The highest BCUT2D eigenvalue weighted by Gasteiger charge is 2.02. The van der Waals surface area contributed by atoms with E-state index in [0.717, 1.165) is 23.6 Å². The van der Waals surface area contributed by atoms with Crippen molar-refractivity contribution in [3.05, 3.63) is 53.9 Å². The van der Waals surface area contributed by atoms with Gasteiger partial charge >= 0.3 is 0 Å². The Kier molecular flexibility index (Phi) is 3.95. The summed E-state index contributed by atoms with van der Waals surface area (Å²) in [4.78, 5) is 4.26. The lowest BCUT2D eigenvalue weighted by molar-refractivity contribution is 0.479. The first-order chi connectivity index (χ1) is 8.69. The monoisotopic (exact) mass is 242 g/mol. The molecule has 1 aromatic heterocycles. The van der Waals surface area contributed by atoms with Crippen LogP contribution in [0.15, 0.2) is 42.6 Å². The summed E-state index contributed by atoms with van der Waals surface area (Å²) < 4.78 is 5.71. The standard InChI is InChI=1S/C15H18N2O/c1-3-12-4-6-13(7-5-12)18-14-8-9-15(11(2)16)17-10-14/h4-11H,3,16H2,1-2H3. The van der Waals surface area contributed by atoms with Gasteiger partial charge in [0, 0.05) is 6.04 Å². The summed E-state index contributed by atoms with van der Waals surface area (Å²) in [7, 11) is 0. The van der Waals surface area contributed by atoms with Gasteiger partial charge in [0.25, 0.3) is 0 Å². The minimum absolute atomic E-state index is 0.0529. The van der Waals surface area contributed by atoms with Gasteiger partial charge in [-0.3, -0.25) is 4.98 Å². The van der Waals surface area contributed by atoms with Crippen molar-refractivity contribution in [2.45, 2.75) is 26.3 Å². The van der Waals surface area contributed by atoms with E-state index >= 15 is 0 Å². The lowest BCUT2D eigenvalue weighted by Crippen LogP contribution is -2.06. The SMILES string of the molecule is CCc1ccc(Oc2ccc(C(C)N)nc2)cc1. The van der Waals surface area contributed by atoms with E-state index in [4.69, 9.17) is 10.5 Å². The van der Waals surface area contributed by atoms with E-state index in [1.54, 1.807) is 6.20 Å². The lowest BCUT2D eigenvalue weighted by atomic mass is 10.2. The highest BCUT2D eigenvalue weighted by atomic mass is 16.5. The zero-order valence-electron chi connectivity index (χ0n) is 10.8. The number of pyridine rings is 1. The number of nitrogens with two attached hydrogens (primary N) is 1. The summed E-state index contributed by atoms with van der Waals surface area (Å²) in [5.41, 5.74) is 7.91. The van der Waals surface area contributed by atoms with Crippen LogP contribution in [0.1, 0.15) is 31.1 Å². The van der Waals surface area contributed by atoms with Crippen LogP contribution in [0.25, 0.3) is 0 Å². The van der Waals surface area contributed by atoms with E-state index in [1.165, 1.54) is 5.56 Å². The van der Waals surface area contributed by atoms with E-state index in [1.807, 2.05) is 31.2 Å². The number of nitrogens with zero attached hydrogens (tertiary/aromatic N) is 1. The Bertz CT molecular complexity index is 489. The number of aryl methyl sites for hydroxylation is 1. The van der Waals surface area contributed by atoms with E-state index in [9.17, 15) is 0 Å². The number of hydrogen-bond acceptors (Lipinski definition) is 3. The molecule has 0 saturated carbocycles. The minimum Gasteiger partial charge on any atom is -0.456 e. The summed E-state index contributed by atoms with van der Waals surface area (Å²) >= 11 is 0. The zero-order valence-corrected chi connectivity index (χ0v) is 10.8. The van der Waals surface area contributed by atoms with Gasteiger partial charge in [0.05, 0.1) is 11.9 Å². The molecule has 3 nitrogen and oxygen atoms in total. The van der Waals surface area contributed by atoms with Crippen molar-refractivity contribution >= 4 is 0 Å². The van der Waals surface area contributed by atoms with Crippen LogP contribution in [0.3, 0.4) is 0 Å². The number of ether oxygens (including phenoxy) is 1. The average molecular weight is 242 g/mol. The fourth-order valence-electron chi connectivity index (χ4n) is 1.65. The Morgan fingerprint density at radius 3 is 2.28 bits per heavy atom. The molecule has 2 N–H and O–H groups in total. The maximum atomic E-state index is 5.74. The van der Waals surface area contributed by atoms with Crippen molar-refractivity contribution in [3.63, 3.8) is 0 Å². The van der Waals surface area contributed by atoms with Gasteiger partial charge in [0.15, 0.2) is 0 Å². The fraction of sp³-hybridized carbons (Fsp3) is 0.267. The van der Waals surface area contributed by atoms with Crippen molar-refractivity contribution in [1.29, 1.82) is 0 Å². The van der Waals surface area contributed by atoms with Gasteiger partial charge in [-0.1, -0.05) is 19.1 Å². The summed E-state index contributed by atoms with van der Waals surface area (Å²) in [6.07, 6.45) is 2.73. The average Bonchev–Trinajstić information content (AvgIpc) is 2.40. The van der Waals surface area contributed by atoms with Gasteiger partial charge in [0.2, 0.25) is 0 Å². The highest BCUT2D eigenvalue weighted by Crippen LogP contribution is 2.21. The molecule has 0 aliphatic carbocycles. The largest absolute Gasteiger partial charge is 0.456 e. The van der Waals surface area contributed by atoms with Gasteiger partial charge in [-0.15, -0.1) is 0 Å². The van der Waals surface area contributed by atoms with Crippen molar-refractivity contribution in [1.82, 2.24) is 4.98 Å². The normalized spacial score (nSPS) is 12.2. The maximum absolute atomic E-state index is 5.74. The van der Waals surface area contributed by atoms with E-state index < -0.39 is 0 Å². The summed E-state index contributed by atoms with van der Waals surface area (Å²) in [5.74, 6) is 1.55. The second-order valence-electron chi connectivity index (χ2n) is 4.31. The summed E-state index contributed by atoms with van der Waals surface area (Å²) in [6, 6.07) is 11.8. The molecule has 1 unspecified atom stereocenters. The quantitative estimate of drug-likeness (QED) is 0.893. The molecule has 0 amide bonds. The molecule has 18 heavy (non-hydrogen) atoms. The van der Waals surface area contributed by atoms with Gasteiger partial charge in [-0.05, 0) is 43.2 Å². The molecular formula is C15H18N2O. The smallest absolute Gasteiger partial charge is 0.145 e. The van der Waals surface area contributed by atoms with Crippen LogP contribution in [0.4, 0.5) is 0 Å². The van der Waals surface area contributed by atoms with Crippen LogP contribution >= 0.6 is 0 Å². The van der Waals surface area contributed by atoms with Crippen molar-refractivity contribution < 1.29 is 4.74 Å². The highest BCUT2D eigenvalue weighted by molar-refractivity contribution is 5.32. The third kappa shape index (κ3) is 3.08. The fourth-order valence-corrected chi connectivity index (χ4v) is 1.65. The molecule has 0 fully saturated rings. The molecule has 0 bridgehead atoms. The molecule has 3 heteroatoms. The molecule has 0 aliphatic heterocycles. The molecule has 0 radical (unpaired) electrons. The summed E-state index contributed by atoms with van der Waals surface area (Å²) in [6.45, 7) is 4.04. The molecule has 94 valence electrons. The second kappa shape index (κ2) is 5.65. The third-order valence-electron chi connectivity index (χ3n) is 2.79. The molecule has 1 aromatic carbocycles. The Balaban J connectivity index is 2.08. The first-order valence-electron chi connectivity index (χ1n) is 6.17. The van der Waals surface area contributed by atoms with Crippen LogP contribution in [0.2, 0.25) is 0 Å². The number of rotatable bonds is 4. The Hall–Kier alpha value is -1.87. The third-order valence-corrected chi connectivity index (χ3v) is 2.79. The Morgan fingerprint density at radius 1 is 1.11 bits per heavy atom. The number of hydrogen-bond donors (Lipinski definition) is 1. The van der Waals surface area contributed by atoms with Crippen LogP contribution in [-0.4, -0.2) is 4.98 Å². The van der Waals surface area contributed by atoms with E-state index in [-0.39, 0.29) is 6.04 Å². The Labute approximate surface area is 108 Å². The van der Waals surface area contributed by atoms with Crippen molar-refractivity contribution in [3.8, 4) is 11.5 Å². The van der Waals surface area contributed by atoms with Crippen LogP contribution in [-0.2, 0) is 6.42 Å². The molecule has 0 spiro atoms. The van der Waals surface area contributed by atoms with Crippen LogP contribution < -0.4 is 10.5 Å². The van der Waals surface area contributed by atoms with Gasteiger partial charge in [0.1, 0.15) is 11.5 Å². The first-order valence-corrected chi connectivity index (χ1v) is 6.17. The molecule has 2 aromatic rings. The van der Waals surface area contributed by atoms with Gasteiger partial charge < -0.3 is 10.5 Å². The zero-order chi connectivity index (χ0) is 13.0. The second-order valence-corrected chi connectivity index (χ2v) is 4.31. The van der Waals surface area contributed by atoms with Gasteiger partial charge in [-0.2, -0.15) is 0 Å². The number of aromatic nitrogens is 1. The van der Waals surface area contributed by atoms with Gasteiger partial charge in [-0.25, -0.2) is 0 Å². The Morgan fingerprint density at radius 2 is 1.78 bits per heavy atom.